The summed E-state index contributed by atoms with van der Waals surface area (Å²) in [6.45, 7) is 6.29. The fourth-order valence-electron chi connectivity index (χ4n) is 1.98. The van der Waals surface area contributed by atoms with Gasteiger partial charge in [0.1, 0.15) is 5.67 Å². The van der Waals surface area contributed by atoms with E-state index in [-0.39, 0.29) is 0 Å². The first-order chi connectivity index (χ1) is 9.39. The Labute approximate surface area is 122 Å². The van der Waals surface area contributed by atoms with E-state index in [1.165, 1.54) is 19.4 Å². The molecule has 1 aromatic carbocycles. The van der Waals surface area contributed by atoms with Crippen LogP contribution in [0.25, 0.3) is 0 Å². The Balaban J connectivity index is 2.10. The third-order valence-electron chi connectivity index (χ3n) is 3.59. The van der Waals surface area contributed by atoms with Crippen LogP contribution in [0.3, 0.4) is 0 Å². The van der Waals surface area contributed by atoms with Gasteiger partial charge >= 0.3 is 0 Å². The molecule has 0 amide bonds. The fraction of sp³-hybridized carbons (Fsp3) is 0.647. The van der Waals surface area contributed by atoms with Crippen molar-refractivity contribution < 1.29 is 14.2 Å². The van der Waals surface area contributed by atoms with Crippen LogP contribution in [0.1, 0.15) is 45.6 Å². The lowest BCUT2D eigenvalue weighted by molar-refractivity contribution is 0.00730. The van der Waals surface area contributed by atoms with E-state index in [0.29, 0.717) is 25.6 Å². The molecule has 3 heteroatoms. The highest BCUT2D eigenvalue weighted by atomic mass is 19.1. The molecule has 0 aliphatic heterocycles. The summed E-state index contributed by atoms with van der Waals surface area (Å²) in [6.07, 6.45) is 1.38. The summed E-state index contributed by atoms with van der Waals surface area (Å²) >= 11 is 0. The SMILES string of the molecule is CC(CCOCc1ccccc1)CCC(O)C(C)(C)F. The van der Waals surface area contributed by atoms with Gasteiger partial charge in [-0.15, -0.1) is 0 Å². The van der Waals surface area contributed by atoms with Gasteiger partial charge in [0.2, 0.25) is 0 Å². The van der Waals surface area contributed by atoms with Crippen LogP contribution in [0.2, 0.25) is 0 Å². The van der Waals surface area contributed by atoms with Crippen molar-refractivity contribution in [2.75, 3.05) is 6.61 Å². The maximum absolute atomic E-state index is 13.5. The topological polar surface area (TPSA) is 29.5 Å². The highest BCUT2D eigenvalue weighted by Gasteiger charge is 2.26. The van der Waals surface area contributed by atoms with Crippen LogP contribution >= 0.6 is 0 Å². The predicted octanol–water partition coefficient (Wildman–Crippen LogP) is 4.12. The molecule has 0 bridgehead atoms. The Bertz CT molecular complexity index is 359. The van der Waals surface area contributed by atoms with Gasteiger partial charge in [0.25, 0.3) is 0 Å². The number of benzene rings is 1. The highest BCUT2D eigenvalue weighted by molar-refractivity contribution is 5.13. The van der Waals surface area contributed by atoms with Gasteiger partial charge in [-0.3, -0.25) is 0 Å². The minimum Gasteiger partial charge on any atom is -0.390 e. The number of ether oxygens (including phenoxy) is 1. The van der Waals surface area contributed by atoms with E-state index in [0.717, 1.165) is 12.8 Å². The van der Waals surface area contributed by atoms with Crippen LogP contribution in [0.5, 0.6) is 0 Å². The van der Waals surface area contributed by atoms with Gasteiger partial charge in [0.05, 0.1) is 12.7 Å². The maximum Gasteiger partial charge on any atom is 0.131 e. The zero-order valence-corrected chi connectivity index (χ0v) is 12.8. The standard InChI is InChI=1S/C17H27FO2/c1-14(9-10-16(19)17(2,3)18)11-12-20-13-15-7-5-4-6-8-15/h4-8,14,16,19H,9-13H2,1-3H3. The second kappa shape index (κ2) is 8.38. The zero-order valence-electron chi connectivity index (χ0n) is 12.8. The van der Waals surface area contributed by atoms with E-state index < -0.39 is 11.8 Å². The predicted molar refractivity (Wildman–Crippen MR) is 80.3 cm³/mol. The molecule has 0 radical (unpaired) electrons. The van der Waals surface area contributed by atoms with E-state index >= 15 is 0 Å². The smallest absolute Gasteiger partial charge is 0.131 e. The Kier molecular flexibility index (Phi) is 7.17. The van der Waals surface area contributed by atoms with Gasteiger partial charge in [-0.05, 0) is 44.6 Å². The molecule has 2 nitrogen and oxygen atoms in total. The zero-order chi connectivity index (χ0) is 15.0. The van der Waals surface area contributed by atoms with E-state index in [1.807, 2.05) is 30.3 Å². The summed E-state index contributed by atoms with van der Waals surface area (Å²) in [4.78, 5) is 0. The number of hydrogen-bond acceptors (Lipinski definition) is 2. The average molecular weight is 282 g/mol. The molecule has 1 N–H and O–H groups in total. The Hall–Kier alpha value is -0.930. The second-order valence-electron chi connectivity index (χ2n) is 6.09. The highest BCUT2D eigenvalue weighted by Crippen LogP contribution is 2.21. The van der Waals surface area contributed by atoms with Crippen LogP contribution in [0.15, 0.2) is 30.3 Å². The van der Waals surface area contributed by atoms with Crippen molar-refractivity contribution >= 4 is 0 Å². The molecule has 0 spiro atoms. The number of aliphatic hydroxyl groups is 1. The first kappa shape index (κ1) is 17.1. The van der Waals surface area contributed by atoms with Crippen molar-refractivity contribution in [3.05, 3.63) is 35.9 Å². The first-order valence-electron chi connectivity index (χ1n) is 7.38. The molecule has 2 atom stereocenters. The number of alkyl halides is 1. The lowest BCUT2D eigenvalue weighted by Crippen LogP contribution is -2.31. The van der Waals surface area contributed by atoms with Crippen molar-refractivity contribution in [2.45, 2.75) is 58.4 Å². The number of halogens is 1. The largest absolute Gasteiger partial charge is 0.390 e. The molecule has 0 aliphatic carbocycles. The Morgan fingerprint density at radius 3 is 2.40 bits per heavy atom. The van der Waals surface area contributed by atoms with E-state index in [1.54, 1.807) is 0 Å². The third kappa shape index (κ3) is 7.01. The third-order valence-corrected chi connectivity index (χ3v) is 3.59. The van der Waals surface area contributed by atoms with Crippen LogP contribution in [0, 0.1) is 5.92 Å². The van der Waals surface area contributed by atoms with Crippen molar-refractivity contribution in [3.8, 4) is 0 Å². The fourth-order valence-corrected chi connectivity index (χ4v) is 1.98. The molecule has 0 heterocycles. The lowest BCUT2D eigenvalue weighted by Gasteiger charge is -2.23. The molecular weight excluding hydrogens is 255 g/mol. The molecule has 1 rings (SSSR count). The quantitative estimate of drug-likeness (QED) is 0.690. The molecule has 0 saturated carbocycles. The molecule has 0 fully saturated rings. The van der Waals surface area contributed by atoms with Gasteiger partial charge in [-0.2, -0.15) is 0 Å². The van der Waals surface area contributed by atoms with Crippen LogP contribution in [-0.2, 0) is 11.3 Å². The molecule has 0 aromatic heterocycles. The molecular formula is C17H27FO2. The number of hydrogen-bond donors (Lipinski definition) is 1. The summed E-state index contributed by atoms with van der Waals surface area (Å²) in [5.41, 5.74) is -0.335. The summed E-state index contributed by atoms with van der Waals surface area (Å²) in [7, 11) is 0. The van der Waals surface area contributed by atoms with E-state index in [9.17, 15) is 9.50 Å². The normalized spacial score (nSPS) is 15.1. The summed E-state index contributed by atoms with van der Waals surface area (Å²) < 4.78 is 19.1. The van der Waals surface area contributed by atoms with Crippen LogP contribution in [-0.4, -0.2) is 23.5 Å². The molecule has 1 aromatic rings. The number of aliphatic hydroxyl groups excluding tert-OH is 1. The van der Waals surface area contributed by atoms with Crippen molar-refractivity contribution in [1.29, 1.82) is 0 Å². The first-order valence-corrected chi connectivity index (χ1v) is 7.38. The van der Waals surface area contributed by atoms with Gasteiger partial charge < -0.3 is 9.84 Å². The molecule has 0 aliphatic rings. The van der Waals surface area contributed by atoms with Crippen molar-refractivity contribution in [3.63, 3.8) is 0 Å². The molecule has 114 valence electrons. The van der Waals surface area contributed by atoms with Crippen LogP contribution < -0.4 is 0 Å². The summed E-state index contributed by atoms with van der Waals surface area (Å²) in [5.74, 6) is 0.433. The van der Waals surface area contributed by atoms with Crippen molar-refractivity contribution in [2.24, 2.45) is 5.92 Å². The average Bonchev–Trinajstić information content (AvgIpc) is 2.41. The Morgan fingerprint density at radius 1 is 1.15 bits per heavy atom. The monoisotopic (exact) mass is 282 g/mol. The van der Waals surface area contributed by atoms with Gasteiger partial charge in [-0.1, -0.05) is 37.3 Å². The minimum atomic E-state index is -1.51. The minimum absolute atomic E-state index is 0.433. The lowest BCUT2D eigenvalue weighted by atomic mass is 9.94. The van der Waals surface area contributed by atoms with Crippen LogP contribution in [0.4, 0.5) is 4.39 Å². The van der Waals surface area contributed by atoms with Gasteiger partial charge in [0, 0.05) is 6.61 Å². The molecule has 2 unspecified atom stereocenters. The maximum atomic E-state index is 13.5. The number of rotatable bonds is 9. The van der Waals surface area contributed by atoms with Gasteiger partial charge in [-0.25, -0.2) is 4.39 Å². The van der Waals surface area contributed by atoms with E-state index in [4.69, 9.17) is 4.74 Å². The van der Waals surface area contributed by atoms with E-state index in [2.05, 4.69) is 6.92 Å². The van der Waals surface area contributed by atoms with Crippen molar-refractivity contribution in [1.82, 2.24) is 0 Å². The summed E-state index contributed by atoms with van der Waals surface area (Å²) in [5, 5.41) is 9.65. The summed E-state index contributed by atoms with van der Waals surface area (Å²) in [6, 6.07) is 10.1. The van der Waals surface area contributed by atoms with Gasteiger partial charge in [0.15, 0.2) is 0 Å². The Morgan fingerprint density at radius 2 is 1.80 bits per heavy atom. The molecule has 0 saturated heterocycles. The molecule has 20 heavy (non-hydrogen) atoms. The second-order valence-corrected chi connectivity index (χ2v) is 6.09.